The zero-order valence-corrected chi connectivity index (χ0v) is 6.46. The van der Waals surface area contributed by atoms with Gasteiger partial charge in [0.05, 0.1) is 0 Å². The molecule has 0 aliphatic rings. The van der Waals surface area contributed by atoms with Crippen molar-refractivity contribution in [3.63, 3.8) is 0 Å². The molecule has 0 aliphatic heterocycles. The lowest BCUT2D eigenvalue weighted by Crippen LogP contribution is -2.11. The molecule has 1 heterocycles. The van der Waals surface area contributed by atoms with Crippen molar-refractivity contribution in [3.8, 4) is 0 Å². The van der Waals surface area contributed by atoms with Crippen LogP contribution in [0.3, 0.4) is 0 Å². The number of nitrogen functional groups attached to an aromatic ring is 1. The summed E-state index contributed by atoms with van der Waals surface area (Å²) < 4.78 is 0. The highest BCUT2D eigenvalue weighted by atomic mass is 14.7. The van der Waals surface area contributed by atoms with E-state index in [1.165, 1.54) is 0 Å². The Kier molecular flexibility index (Phi) is 2.21. The predicted octanol–water partition coefficient (Wildman–Crippen LogP) is 0.928. The van der Waals surface area contributed by atoms with Gasteiger partial charge in [-0.15, -0.1) is 0 Å². The van der Waals surface area contributed by atoms with E-state index in [1.54, 1.807) is 12.3 Å². The number of nitrogens with zero attached hydrogens (tertiary/aromatic N) is 1. The fourth-order valence-corrected chi connectivity index (χ4v) is 0.839. The zero-order valence-electron chi connectivity index (χ0n) is 6.46. The van der Waals surface area contributed by atoms with Crippen LogP contribution in [0.4, 0.5) is 0 Å². The smallest absolute Gasteiger partial charge is 0.122 e. The van der Waals surface area contributed by atoms with E-state index in [-0.39, 0.29) is 5.84 Å². The third kappa shape index (κ3) is 1.77. The Bertz CT molecular complexity index is 268. The van der Waals surface area contributed by atoms with Crippen molar-refractivity contribution in [1.29, 1.82) is 5.41 Å². The SMILES string of the molecule is CCc1cc(C(=N)N)ccn1. The van der Waals surface area contributed by atoms with Crippen LogP contribution in [0.25, 0.3) is 0 Å². The second-order valence-corrected chi connectivity index (χ2v) is 2.30. The molecule has 1 rings (SSSR count). The van der Waals surface area contributed by atoms with E-state index >= 15 is 0 Å². The number of nitrogens with two attached hydrogens (primary N) is 1. The summed E-state index contributed by atoms with van der Waals surface area (Å²) in [6.45, 7) is 2.02. The van der Waals surface area contributed by atoms with Gasteiger partial charge in [-0.1, -0.05) is 6.92 Å². The Hall–Kier alpha value is -1.38. The molecule has 0 unspecified atom stereocenters. The second kappa shape index (κ2) is 3.14. The highest BCUT2D eigenvalue weighted by molar-refractivity contribution is 5.94. The maximum atomic E-state index is 7.16. The van der Waals surface area contributed by atoms with Crippen LogP contribution in [0.1, 0.15) is 18.2 Å². The van der Waals surface area contributed by atoms with Crippen LogP contribution in [0.5, 0.6) is 0 Å². The van der Waals surface area contributed by atoms with Gasteiger partial charge < -0.3 is 5.73 Å². The van der Waals surface area contributed by atoms with Gasteiger partial charge >= 0.3 is 0 Å². The summed E-state index contributed by atoms with van der Waals surface area (Å²) >= 11 is 0. The summed E-state index contributed by atoms with van der Waals surface area (Å²) in [6, 6.07) is 3.57. The van der Waals surface area contributed by atoms with Crippen LogP contribution in [0.15, 0.2) is 18.3 Å². The molecule has 0 bridgehead atoms. The molecule has 3 N–H and O–H groups in total. The maximum absolute atomic E-state index is 7.16. The van der Waals surface area contributed by atoms with Gasteiger partial charge in [0.1, 0.15) is 5.84 Å². The summed E-state index contributed by atoms with van der Waals surface area (Å²) in [4.78, 5) is 4.09. The minimum Gasteiger partial charge on any atom is -0.384 e. The van der Waals surface area contributed by atoms with E-state index in [0.717, 1.165) is 17.7 Å². The summed E-state index contributed by atoms with van der Waals surface area (Å²) in [5.74, 6) is 0.0992. The normalized spacial score (nSPS) is 9.55. The third-order valence-corrected chi connectivity index (χ3v) is 1.49. The van der Waals surface area contributed by atoms with E-state index in [1.807, 2.05) is 13.0 Å². The molecule has 3 nitrogen and oxygen atoms in total. The number of hydrogen-bond donors (Lipinski definition) is 2. The monoisotopic (exact) mass is 149 g/mol. The average Bonchev–Trinajstić information content (AvgIpc) is 2.05. The Morgan fingerprint density at radius 1 is 1.73 bits per heavy atom. The summed E-state index contributed by atoms with van der Waals surface area (Å²) in [5, 5.41) is 7.16. The highest BCUT2D eigenvalue weighted by Crippen LogP contribution is 2.00. The highest BCUT2D eigenvalue weighted by Gasteiger charge is 1.96. The quantitative estimate of drug-likeness (QED) is 0.485. The van der Waals surface area contributed by atoms with Crippen LogP contribution in [-0.4, -0.2) is 10.8 Å². The number of amidine groups is 1. The van der Waals surface area contributed by atoms with Gasteiger partial charge in [0, 0.05) is 17.5 Å². The number of aromatic nitrogens is 1. The number of nitrogens with one attached hydrogen (secondary N) is 1. The summed E-state index contributed by atoms with van der Waals surface area (Å²) in [7, 11) is 0. The van der Waals surface area contributed by atoms with Crippen molar-refractivity contribution < 1.29 is 0 Å². The Morgan fingerprint density at radius 2 is 2.45 bits per heavy atom. The Morgan fingerprint density at radius 3 is 3.00 bits per heavy atom. The molecule has 58 valence electrons. The lowest BCUT2D eigenvalue weighted by atomic mass is 10.2. The zero-order chi connectivity index (χ0) is 8.27. The molecule has 3 heteroatoms. The first-order chi connectivity index (χ1) is 5.24. The molecule has 0 spiro atoms. The number of aryl methyl sites for hydroxylation is 1. The topological polar surface area (TPSA) is 62.8 Å². The van der Waals surface area contributed by atoms with Crippen LogP contribution in [-0.2, 0) is 6.42 Å². The van der Waals surface area contributed by atoms with Crippen molar-refractivity contribution in [2.75, 3.05) is 0 Å². The molecule has 1 aromatic rings. The van der Waals surface area contributed by atoms with E-state index in [9.17, 15) is 0 Å². The first-order valence-corrected chi connectivity index (χ1v) is 3.53. The van der Waals surface area contributed by atoms with Gasteiger partial charge in [-0.05, 0) is 18.6 Å². The maximum Gasteiger partial charge on any atom is 0.122 e. The first-order valence-electron chi connectivity index (χ1n) is 3.53. The third-order valence-electron chi connectivity index (χ3n) is 1.49. The Balaban J connectivity index is 3.01. The number of rotatable bonds is 2. The van der Waals surface area contributed by atoms with Gasteiger partial charge in [0.2, 0.25) is 0 Å². The molecular formula is C8H11N3. The van der Waals surface area contributed by atoms with Gasteiger partial charge in [-0.2, -0.15) is 0 Å². The van der Waals surface area contributed by atoms with E-state index in [4.69, 9.17) is 11.1 Å². The van der Waals surface area contributed by atoms with Crippen molar-refractivity contribution in [2.24, 2.45) is 5.73 Å². The van der Waals surface area contributed by atoms with Crippen LogP contribution in [0, 0.1) is 5.41 Å². The van der Waals surface area contributed by atoms with Gasteiger partial charge in [0.15, 0.2) is 0 Å². The van der Waals surface area contributed by atoms with E-state index in [2.05, 4.69) is 4.98 Å². The van der Waals surface area contributed by atoms with Crippen LogP contribution < -0.4 is 5.73 Å². The van der Waals surface area contributed by atoms with Gasteiger partial charge in [-0.3, -0.25) is 10.4 Å². The summed E-state index contributed by atoms with van der Waals surface area (Å²) in [6.07, 6.45) is 2.55. The predicted molar refractivity (Wildman–Crippen MR) is 44.6 cm³/mol. The molecule has 11 heavy (non-hydrogen) atoms. The first kappa shape index (κ1) is 7.72. The molecule has 0 saturated heterocycles. The molecule has 0 fully saturated rings. The molecule has 0 radical (unpaired) electrons. The van der Waals surface area contributed by atoms with Gasteiger partial charge in [0.25, 0.3) is 0 Å². The number of pyridine rings is 1. The molecular weight excluding hydrogens is 138 g/mol. The largest absolute Gasteiger partial charge is 0.384 e. The van der Waals surface area contributed by atoms with Crippen LogP contribution >= 0.6 is 0 Å². The van der Waals surface area contributed by atoms with Crippen molar-refractivity contribution in [3.05, 3.63) is 29.6 Å². The lowest BCUT2D eigenvalue weighted by molar-refractivity contribution is 1.03. The van der Waals surface area contributed by atoms with Gasteiger partial charge in [-0.25, -0.2) is 0 Å². The Labute approximate surface area is 65.8 Å². The average molecular weight is 149 g/mol. The second-order valence-electron chi connectivity index (χ2n) is 2.30. The molecule has 0 aliphatic carbocycles. The molecule has 1 aromatic heterocycles. The standard InChI is InChI=1S/C8H11N3/c1-2-7-5-6(8(9)10)3-4-11-7/h3-5H,2H2,1H3,(H3,9,10). The van der Waals surface area contributed by atoms with Crippen LogP contribution in [0.2, 0.25) is 0 Å². The fourth-order valence-electron chi connectivity index (χ4n) is 0.839. The lowest BCUT2D eigenvalue weighted by Gasteiger charge is -1.99. The summed E-state index contributed by atoms with van der Waals surface area (Å²) in [5.41, 5.74) is 7.01. The van der Waals surface area contributed by atoms with Crippen molar-refractivity contribution >= 4 is 5.84 Å². The van der Waals surface area contributed by atoms with Crippen molar-refractivity contribution in [2.45, 2.75) is 13.3 Å². The molecule has 0 aromatic carbocycles. The molecule has 0 saturated carbocycles. The van der Waals surface area contributed by atoms with Crippen molar-refractivity contribution in [1.82, 2.24) is 4.98 Å². The number of hydrogen-bond acceptors (Lipinski definition) is 2. The van der Waals surface area contributed by atoms with E-state index in [0.29, 0.717) is 0 Å². The minimum atomic E-state index is 0.0992. The fraction of sp³-hybridized carbons (Fsp3) is 0.250. The van der Waals surface area contributed by atoms with E-state index < -0.39 is 0 Å². The molecule has 0 amide bonds. The minimum absolute atomic E-state index is 0.0992. The molecule has 0 atom stereocenters.